The number of thiazole rings is 1. The van der Waals surface area contributed by atoms with Gasteiger partial charge in [0.1, 0.15) is 0 Å². The van der Waals surface area contributed by atoms with Gasteiger partial charge in [-0.15, -0.1) is 11.3 Å². The molecule has 0 aliphatic rings. The van der Waals surface area contributed by atoms with Crippen molar-refractivity contribution in [2.75, 3.05) is 11.1 Å². The highest BCUT2D eigenvalue weighted by Crippen LogP contribution is 2.24. The number of para-hydroxylation sites is 1. The molecule has 0 saturated carbocycles. The van der Waals surface area contributed by atoms with E-state index in [-0.39, 0.29) is 5.91 Å². The fourth-order valence-corrected chi connectivity index (χ4v) is 3.82. The molecule has 3 aromatic rings. The van der Waals surface area contributed by atoms with Gasteiger partial charge in [0, 0.05) is 17.3 Å². The van der Waals surface area contributed by atoms with Crippen molar-refractivity contribution >= 4 is 34.1 Å². The molecule has 1 amide bonds. The second-order valence-corrected chi connectivity index (χ2v) is 7.51. The third-order valence-electron chi connectivity index (χ3n) is 3.59. The molecule has 2 aromatic heterocycles. The first-order chi connectivity index (χ1) is 11.5. The Bertz CT molecular complexity index is 850. The zero-order valence-corrected chi connectivity index (χ0v) is 15.4. The van der Waals surface area contributed by atoms with E-state index in [0.717, 1.165) is 27.0 Å². The van der Waals surface area contributed by atoms with Gasteiger partial charge < -0.3 is 5.32 Å². The fourth-order valence-electron chi connectivity index (χ4n) is 2.23. The van der Waals surface area contributed by atoms with E-state index >= 15 is 0 Å². The van der Waals surface area contributed by atoms with E-state index in [1.54, 1.807) is 6.20 Å². The number of nitrogens with one attached hydrogen (secondary N) is 1. The van der Waals surface area contributed by atoms with Crippen molar-refractivity contribution in [1.82, 2.24) is 14.5 Å². The molecule has 0 spiro atoms. The molecular formula is C17H18N4OS2. The molecule has 0 aliphatic carbocycles. The van der Waals surface area contributed by atoms with E-state index in [2.05, 4.69) is 28.3 Å². The zero-order valence-electron chi connectivity index (χ0n) is 13.7. The molecule has 0 saturated heterocycles. The van der Waals surface area contributed by atoms with Crippen LogP contribution in [0.3, 0.4) is 0 Å². The van der Waals surface area contributed by atoms with Gasteiger partial charge in [0.2, 0.25) is 5.91 Å². The maximum Gasteiger partial charge on any atom is 0.236 e. The van der Waals surface area contributed by atoms with E-state index < -0.39 is 0 Å². The molecule has 0 fully saturated rings. The molecule has 0 aliphatic heterocycles. The Balaban J connectivity index is 1.66. The first-order valence-corrected chi connectivity index (χ1v) is 9.31. The highest BCUT2D eigenvalue weighted by molar-refractivity contribution is 7.99. The number of hydrogen-bond acceptors (Lipinski definition) is 5. The zero-order chi connectivity index (χ0) is 17.1. The molecule has 1 N–H and O–H groups in total. The topological polar surface area (TPSA) is 59.8 Å². The quantitative estimate of drug-likeness (QED) is 0.701. The molecule has 2 heterocycles. The number of aromatic nitrogens is 3. The summed E-state index contributed by atoms with van der Waals surface area (Å²) >= 11 is 2.91. The lowest BCUT2D eigenvalue weighted by Gasteiger charge is -2.10. The van der Waals surface area contributed by atoms with Gasteiger partial charge in [0.25, 0.3) is 0 Å². The largest absolute Gasteiger partial charge is 0.301 e. The minimum absolute atomic E-state index is 0.0758. The number of aryl methyl sites for hydroxylation is 3. The number of rotatable bonds is 5. The molecule has 0 unspecified atom stereocenters. The van der Waals surface area contributed by atoms with Gasteiger partial charge in [-0.3, -0.25) is 9.36 Å². The van der Waals surface area contributed by atoms with Crippen LogP contribution in [-0.4, -0.2) is 26.2 Å². The van der Waals surface area contributed by atoms with Crippen molar-refractivity contribution in [3.8, 4) is 5.69 Å². The summed E-state index contributed by atoms with van der Waals surface area (Å²) in [5, 5.41) is 4.30. The van der Waals surface area contributed by atoms with Gasteiger partial charge >= 0.3 is 0 Å². The smallest absolute Gasteiger partial charge is 0.236 e. The average molecular weight is 358 g/mol. The van der Waals surface area contributed by atoms with Gasteiger partial charge in [-0.2, -0.15) is 0 Å². The summed E-state index contributed by atoms with van der Waals surface area (Å²) in [6.45, 7) is 6.00. The molecule has 5 nitrogen and oxygen atoms in total. The van der Waals surface area contributed by atoms with E-state index in [4.69, 9.17) is 0 Å². The summed E-state index contributed by atoms with van der Waals surface area (Å²) in [6.07, 6.45) is 3.66. The molecule has 124 valence electrons. The summed E-state index contributed by atoms with van der Waals surface area (Å²) in [7, 11) is 0. The number of thioether (sulfide) groups is 1. The minimum atomic E-state index is -0.0758. The lowest BCUT2D eigenvalue weighted by molar-refractivity contribution is -0.113. The van der Waals surface area contributed by atoms with Gasteiger partial charge in [0.05, 0.1) is 17.1 Å². The van der Waals surface area contributed by atoms with Crippen LogP contribution >= 0.6 is 23.1 Å². The molecular weight excluding hydrogens is 340 g/mol. The molecule has 24 heavy (non-hydrogen) atoms. The van der Waals surface area contributed by atoms with Crippen molar-refractivity contribution in [2.24, 2.45) is 0 Å². The Labute approximate surface area is 149 Å². The van der Waals surface area contributed by atoms with Crippen molar-refractivity contribution in [1.29, 1.82) is 0 Å². The Kier molecular flexibility index (Phi) is 5.01. The van der Waals surface area contributed by atoms with Crippen LogP contribution in [0.25, 0.3) is 5.69 Å². The van der Waals surface area contributed by atoms with Crippen LogP contribution < -0.4 is 5.32 Å². The van der Waals surface area contributed by atoms with Crippen molar-refractivity contribution in [2.45, 2.75) is 25.9 Å². The molecule has 0 bridgehead atoms. The summed E-state index contributed by atoms with van der Waals surface area (Å²) in [4.78, 5) is 22.0. The summed E-state index contributed by atoms with van der Waals surface area (Å²) in [6, 6.07) is 8.11. The number of carbonyl (C=O) groups is 1. The summed E-state index contributed by atoms with van der Waals surface area (Å²) in [5.41, 5.74) is 3.19. The van der Waals surface area contributed by atoms with Crippen molar-refractivity contribution < 1.29 is 4.79 Å². The van der Waals surface area contributed by atoms with E-state index in [1.165, 1.54) is 23.1 Å². The third kappa shape index (κ3) is 3.68. The van der Waals surface area contributed by atoms with Gasteiger partial charge in [0.15, 0.2) is 10.3 Å². The van der Waals surface area contributed by atoms with Crippen LogP contribution in [-0.2, 0) is 4.79 Å². The van der Waals surface area contributed by atoms with Gasteiger partial charge in [-0.05, 0) is 32.4 Å². The third-order valence-corrected chi connectivity index (χ3v) is 5.54. The summed E-state index contributed by atoms with van der Waals surface area (Å²) < 4.78 is 2.00. The predicted molar refractivity (Wildman–Crippen MR) is 99.2 cm³/mol. The fraction of sp³-hybridized carbons (Fsp3) is 0.235. The molecule has 1 aromatic carbocycles. The molecule has 0 radical (unpaired) electrons. The first kappa shape index (κ1) is 16.7. The van der Waals surface area contributed by atoms with Crippen molar-refractivity contribution in [3.63, 3.8) is 0 Å². The number of anilines is 1. The van der Waals surface area contributed by atoms with Crippen LogP contribution in [0, 0.1) is 20.8 Å². The summed E-state index contributed by atoms with van der Waals surface area (Å²) in [5.74, 6) is 0.216. The predicted octanol–water partition coefficient (Wildman–Crippen LogP) is 3.98. The number of imidazole rings is 1. The van der Waals surface area contributed by atoms with Crippen LogP contribution in [0.1, 0.15) is 16.1 Å². The second-order valence-electron chi connectivity index (χ2n) is 5.36. The van der Waals surface area contributed by atoms with E-state index in [9.17, 15) is 4.79 Å². The number of nitrogens with zero attached hydrogens (tertiary/aromatic N) is 3. The monoisotopic (exact) mass is 358 g/mol. The maximum absolute atomic E-state index is 12.1. The Morgan fingerprint density at radius 1 is 1.29 bits per heavy atom. The molecule has 7 heteroatoms. The Hall–Kier alpha value is -2.12. The molecule has 0 atom stereocenters. The Morgan fingerprint density at radius 3 is 2.79 bits per heavy atom. The lowest BCUT2D eigenvalue weighted by atomic mass is 10.2. The number of benzene rings is 1. The van der Waals surface area contributed by atoms with E-state index in [1.807, 2.05) is 42.8 Å². The minimum Gasteiger partial charge on any atom is -0.301 e. The second kappa shape index (κ2) is 7.19. The van der Waals surface area contributed by atoms with Gasteiger partial charge in [-0.25, -0.2) is 9.97 Å². The highest BCUT2D eigenvalue weighted by atomic mass is 32.2. The Morgan fingerprint density at radius 2 is 2.08 bits per heavy atom. The van der Waals surface area contributed by atoms with E-state index in [0.29, 0.717) is 10.9 Å². The lowest BCUT2D eigenvalue weighted by Crippen LogP contribution is -2.14. The SMILES string of the molecule is Cc1ccccc1-n1ccnc1SCC(=O)Nc1nc(C)c(C)s1. The molecule has 3 rings (SSSR count). The van der Waals surface area contributed by atoms with Crippen LogP contribution in [0.2, 0.25) is 0 Å². The maximum atomic E-state index is 12.1. The standard InChI is InChI=1S/C17H18N4OS2/c1-11-6-4-5-7-14(11)21-9-8-18-17(21)23-10-15(22)20-16-19-12(2)13(3)24-16/h4-9H,10H2,1-3H3,(H,19,20,22). The first-order valence-electron chi connectivity index (χ1n) is 7.50. The number of hydrogen-bond donors (Lipinski definition) is 1. The normalized spacial score (nSPS) is 10.8. The number of carbonyl (C=O) groups excluding carboxylic acids is 1. The van der Waals surface area contributed by atoms with Crippen LogP contribution in [0.5, 0.6) is 0 Å². The average Bonchev–Trinajstić information content (AvgIpc) is 3.13. The highest BCUT2D eigenvalue weighted by Gasteiger charge is 2.12. The van der Waals surface area contributed by atoms with Crippen LogP contribution in [0.15, 0.2) is 41.8 Å². The van der Waals surface area contributed by atoms with Crippen molar-refractivity contribution in [3.05, 3.63) is 52.8 Å². The van der Waals surface area contributed by atoms with Gasteiger partial charge in [-0.1, -0.05) is 30.0 Å². The number of amides is 1. The van der Waals surface area contributed by atoms with Crippen LogP contribution in [0.4, 0.5) is 5.13 Å².